The van der Waals surface area contributed by atoms with Crippen molar-refractivity contribution in [1.82, 2.24) is 4.72 Å². The van der Waals surface area contributed by atoms with Crippen LogP contribution in [0.2, 0.25) is 0 Å². The molecule has 0 aromatic heterocycles. The lowest BCUT2D eigenvalue weighted by Crippen LogP contribution is -2.35. The number of benzene rings is 2. The molecular weight excluding hydrogens is 315 g/mol. The first-order valence-corrected chi connectivity index (χ1v) is 8.84. The van der Waals surface area contributed by atoms with Crippen molar-refractivity contribution in [3.05, 3.63) is 71.0 Å². The van der Waals surface area contributed by atoms with Crippen molar-refractivity contribution in [2.24, 2.45) is 0 Å². The summed E-state index contributed by atoms with van der Waals surface area (Å²) in [6.45, 7) is 0. The maximum atomic E-state index is 13.4. The Hall–Kier alpha value is -2.23. The zero-order valence-electron chi connectivity index (χ0n) is 12.3. The fourth-order valence-corrected chi connectivity index (χ4v) is 4.25. The van der Waals surface area contributed by atoms with Gasteiger partial charge in [0.2, 0.25) is 10.0 Å². The average Bonchev–Trinajstić information content (AvgIpc) is 3.27. The molecule has 1 saturated carbocycles. The third-order valence-corrected chi connectivity index (χ3v) is 5.31. The van der Waals surface area contributed by atoms with Gasteiger partial charge >= 0.3 is 0 Å². The Morgan fingerprint density at radius 1 is 1.17 bits per heavy atom. The van der Waals surface area contributed by atoms with Crippen molar-refractivity contribution in [2.45, 2.75) is 24.1 Å². The van der Waals surface area contributed by atoms with E-state index in [0.29, 0.717) is 29.5 Å². The van der Waals surface area contributed by atoms with Crippen LogP contribution in [0.5, 0.6) is 0 Å². The molecule has 23 heavy (non-hydrogen) atoms. The molecule has 1 aliphatic carbocycles. The largest absolute Gasteiger partial charge is 0.216 e. The Morgan fingerprint density at radius 3 is 2.57 bits per heavy atom. The first-order valence-electron chi connectivity index (χ1n) is 7.19. The van der Waals surface area contributed by atoms with E-state index >= 15 is 0 Å². The average molecular weight is 330 g/mol. The Balaban J connectivity index is 1.80. The summed E-state index contributed by atoms with van der Waals surface area (Å²) in [6, 6.07) is 14.5. The quantitative estimate of drug-likeness (QED) is 0.916. The van der Waals surface area contributed by atoms with Gasteiger partial charge in [-0.1, -0.05) is 24.3 Å². The lowest BCUT2D eigenvalue weighted by atomic mass is 10.1. The molecule has 118 valence electrons. The molecule has 4 nitrogen and oxygen atoms in total. The van der Waals surface area contributed by atoms with Crippen LogP contribution in [0.1, 0.15) is 29.5 Å². The molecule has 0 unspecified atom stereocenters. The van der Waals surface area contributed by atoms with Crippen LogP contribution in [0.4, 0.5) is 4.39 Å². The molecule has 0 bridgehead atoms. The van der Waals surface area contributed by atoms with Crippen LogP contribution in [-0.4, -0.2) is 8.42 Å². The van der Waals surface area contributed by atoms with E-state index in [4.69, 9.17) is 5.26 Å². The topological polar surface area (TPSA) is 70.0 Å². The molecule has 0 radical (unpaired) electrons. The molecule has 0 saturated heterocycles. The van der Waals surface area contributed by atoms with Gasteiger partial charge in [0.25, 0.3) is 0 Å². The molecule has 1 N–H and O–H groups in total. The minimum atomic E-state index is -3.60. The number of nitriles is 1. The zero-order chi connectivity index (χ0) is 16.5. The predicted molar refractivity (Wildman–Crippen MR) is 84.2 cm³/mol. The molecule has 0 heterocycles. The molecule has 2 aromatic carbocycles. The van der Waals surface area contributed by atoms with Crippen LogP contribution in [0.3, 0.4) is 0 Å². The Bertz CT molecular complexity index is 883. The first kappa shape index (κ1) is 15.7. The van der Waals surface area contributed by atoms with Gasteiger partial charge in [0.1, 0.15) is 5.82 Å². The van der Waals surface area contributed by atoms with E-state index in [1.807, 2.05) is 6.07 Å². The predicted octanol–water partition coefficient (Wildman–Crippen LogP) is 2.81. The Morgan fingerprint density at radius 2 is 1.91 bits per heavy atom. The highest BCUT2D eigenvalue weighted by molar-refractivity contribution is 7.88. The van der Waals surface area contributed by atoms with Crippen LogP contribution in [0.25, 0.3) is 0 Å². The van der Waals surface area contributed by atoms with E-state index in [2.05, 4.69) is 4.72 Å². The van der Waals surface area contributed by atoms with Crippen molar-refractivity contribution in [2.75, 3.05) is 0 Å². The number of hydrogen-bond donors (Lipinski definition) is 1. The number of hydrogen-bond acceptors (Lipinski definition) is 3. The summed E-state index contributed by atoms with van der Waals surface area (Å²) >= 11 is 0. The lowest BCUT2D eigenvalue weighted by molar-refractivity contribution is 0.547. The van der Waals surface area contributed by atoms with Crippen LogP contribution < -0.4 is 4.72 Å². The number of sulfonamides is 1. The molecule has 3 rings (SSSR count). The summed E-state index contributed by atoms with van der Waals surface area (Å²) in [5.74, 6) is -0.589. The van der Waals surface area contributed by atoms with Gasteiger partial charge < -0.3 is 0 Å². The van der Waals surface area contributed by atoms with Gasteiger partial charge in [0.05, 0.1) is 22.9 Å². The minimum Gasteiger partial charge on any atom is -0.212 e. The number of nitrogens with one attached hydrogen (secondary N) is 1. The maximum Gasteiger partial charge on any atom is 0.216 e. The van der Waals surface area contributed by atoms with Crippen molar-refractivity contribution < 1.29 is 12.8 Å². The molecule has 1 aliphatic rings. The highest BCUT2D eigenvalue weighted by atomic mass is 32.2. The molecule has 0 atom stereocenters. The van der Waals surface area contributed by atoms with Gasteiger partial charge in [-0.2, -0.15) is 5.26 Å². The summed E-state index contributed by atoms with van der Waals surface area (Å²) in [4.78, 5) is 0. The summed E-state index contributed by atoms with van der Waals surface area (Å²) < 4.78 is 40.9. The van der Waals surface area contributed by atoms with Gasteiger partial charge in [-0.3, -0.25) is 0 Å². The standard InChI is InChI=1S/C17H15FN2O2S/c18-16-6-2-5-15(10-16)17(7-8-17)20-23(21,22)12-14-4-1-3-13(9-14)11-19/h1-6,9-10,20H,7-8,12H2. The second-order valence-corrected chi connectivity index (χ2v) is 7.49. The molecular formula is C17H15FN2O2S. The fourth-order valence-electron chi connectivity index (χ4n) is 2.64. The molecule has 0 spiro atoms. The van der Waals surface area contributed by atoms with Crippen molar-refractivity contribution in [3.8, 4) is 6.07 Å². The van der Waals surface area contributed by atoms with E-state index < -0.39 is 15.6 Å². The summed E-state index contributed by atoms with van der Waals surface area (Å²) in [6.07, 6.45) is 1.29. The van der Waals surface area contributed by atoms with E-state index in [1.54, 1.807) is 36.4 Å². The summed E-state index contributed by atoms with van der Waals surface area (Å²) in [5, 5.41) is 8.88. The highest BCUT2D eigenvalue weighted by Crippen LogP contribution is 2.46. The first-order chi connectivity index (χ1) is 10.9. The Kier molecular flexibility index (Phi) is 3.92. The maximum absolute atomic E-state index is 13.4. The SMILES string of the molecule is N#Cc1cccc(CS(=O)(=O)NC2(c3cccc(F)c3)CC2)c1. The van der Waals surface area contributed by atoms with Gasteiger partial charge in [-0.05, 0) is 48.2 Å². The monoisotopic (exact) mass is 330 g/mol. The number of halogens is 1. The molecule has 1 fully saturated rings. The van der Waals surface area contributed by atoms with Crippen molar-refractivity contribution >= 4 is 10.0 Å². The zero-order valence-corrected chi connectivity index (χ0v) is 13.1. The highest BCUT2D eigenvalue weighted by Gasteiger charge is 2.47. The molecule has 0 aliphatic heterocycles. The van der Waals surface area contributed by atoms with E-state index in [9.17, 15) is 12.8 Å². The Labute approximate surface area is 134 Å². The third-order valence-electron chi connectivity index (χ3n) is 3.89. The molecule has 0 amide bonds. The fraction of sp³-hybridized carbons (Fsp3) is 0.235. The smallest absolute Gasteiger partial charge is 0.212 e. The van der Waals surface area contributed by atoms with E-state index in [0.717, 1.165) is 0 Å². The summed E-state index contributed by atoms with van der Waals surface area (Å²) in [7, 11) is -3.60. The van der Waals surface area contributed by atoms with Crippen LogP contribution in [0, 0.1) is 17.1 Å². The van der Waals surface area contributed by atoms with Gasteiger partial charge in [-0.15, -0.1) is 0 Å². The van der Waals surface area contributed by atoms with E-state index in [1.165, 1.54) is 12.1 Å². The summed E-state index contributed by atoms with van der Waals surface area (Å²) in [5.41, 5.74) is 0.913. The third kappa shape index (κ3) is 3.58. The van der Waals surface area contributed by atoms with Crippen LogP contribution >= 0.6 is 0 Å². The van der Waals surface area contributed by atoms with Gasteiger partial charge in [-0.25, -0.2) is 17.5 Å². The van der Waals surface area contributed by atoms with Crippen molar-refractivity contribution in [3.63, 3.8) is 0 Å². The van der Waals surface area contributed by atoms with Gasteiger partial charge in [0.15, 0.2) is 0 Å². The van der Waals surface area contributed by atoms with Crippen LogP contribution in [-0.2, 0) is 21.3 Å². The number of rotatable bonds is 5. The number of nitrogens with zero attached hydrogens (tertiary/aromatic N) is 1. The molecule has 2 aromatic rings. The molecule has 6 heteroatoms. The van der Waals surface area contributed by atoms with E-state index in [-0.39, 0.29) is 11.6 Å². The second kappa shape index (κ2) is 5.76. The lowest BCUT2D eigenvalue weighted by Gasteiger charge is -2.18. The second-order valence-electron chi connectivity index (χ2n) is 5.77. The minimum absolute atomic E-state index is 0.209. The van der Waals surface area contributed by atoms with Crippen LogP contribution in [0.15, 0.2) is 48.5 Å². The normalized spacial score (nSPS) is 15.8. The van der Waals surface area contributed by atoms with Gasteiger partial charge in [0, 0.05) is 0 Å². The van der Waals surface area contributed by atoms with Crippen molar-refractivity contribution in [1.29, 1.82) is 5.26 Å².